The Hall–Kier alpha value is -3.91. The van der Waals surface area contributed by atoms with Crippen LogP contribution in [0.1, 0.15) is 16.7 Å². The molecule has 0 aliphatic carbocycles. The largest absolute Gasteiger partial charge is 0.453 e. The molecule has 15 heteroatoms. The maximum Gasteiger partial charge on any atom is 0.420 e. The summed E-state index contributed by atoms with van der Waals surface area (Å²) in [6.07, 6.45) is -15.8. The van der Waals surface area contributed by atoms with Gasteiger partial charge in [0.25, 0.3) is 0 Å². The van der Waals surface area contributed by atoms with Crippen molar-refractivity contribution in [3.63, 3.8) is 0 Å². The van der Waals surface area contributed by atoms with Gasteiger partial charge in [-0.25, -0.2) is 8.78 Å². The molecule has 0 saturated heterocycles. The minimum absolute atomic E-state index is 0.166. The Balaban J connectivity index is 2.19. The smallest absolute Gasteiger partial charge is 0.420 e. The summed E-state index contributed by atoms with van der Waals surface area (Å²) in [6.45, 7) is 0. The number of nitrogens with two attached hydrogens (primary N) is 2. The molecule has 3 aromatic carbocycles. The molecule has 0 spiro atoms. The van der Waals surface area contributed by atoms with E-state index in [-0.39, 0.29) is 18.2 Å². The topological polar surface area (TPSA) is 70.5 Å². The molecule has 0 aliphatic heterocycles. The van der Waals surface area contributed by atoms with Gasteiger partial charge in [0.05, 0.1) is 16.9 Å². The summed E-state index contributed by atoms with van der Waals surface area (Å²) < 4.78 is 158. The summed E-state index contributed by atoms with van der Waals surface area (Å²) in [5, 5.41) is 0. The molecule has 0 aromatic heterocycles. The molecule has 3 rings (SSSR count). The van der Waals surface area contributed by atoms with Crippen LogP contribution in [0.15, 0.2) is 42.5 Å². The molecule has 0 bridgehead atoms. The lowest BCUT2D eigenvalue weighted by Gasteiger charge is -2.20. The first-order chi connectivity index (χ1) is 16.4. The number of hydrogen-bond acceptors (Lipinski definition) is 4. The van der Waals surface area contributed by atoms with Crippen molar-refractivity contribution in [2.45, 2.75) is 18.5 Å². The van der Waals surface area contributed by atoms with Crippen LogP contribution in [-0.2, 0) is 18.5 Å². The third-order valence-corrected chi connectivity index (χ3v) is 4.56. The van der Waals surface area contributed by atoms with Crippen LogP contribution in [0.2, 0.25) is 0 Å². The maximum atomic E-state index is 14.4. The van der Waals surface area contributed by atoms with Gasteiger partial charge in [-0.3, -0.25) is 0 Å². The molecule has 0 heterocycles. The Labute approximate surface area is 193 Å². The van der Waals surface area contributed by atoms with E-state index in [0.29, 0.717) is 24.3 Å². The van der Waals surface area contributed by atoms with E-state index in [1.165, 1.54) is 0 Å². The average Bonchev–Trinajstić information content (AvgIpc) is 2.72. The normalized spacial score (nSPS) is 12.5. The van der Waals surface area contributed by atoms with Gasteiger partial charge in [0.2, 0.25) is 0 Å². The van der Waals surface area contributed by atoms with Crippen LogP contribution < -0.4 is 20.9 Å². The highest BCUT2D eigenvalue weighted by Gasteiger charge is 2.40. The predicted octanol–water partition coefficient (Wildman–Crippen LogP) is 7.77. The zero-order valence-corrected chi connectivity index (χ0v) is 17.2. The fraction of sp³-hybridized carbons (Fsp3) is 0.143. The summed E-state index contributed by atoms with van der Waals surface area (Å²) in [7, 11) is 0. The SMILES string of the molecule is Nc1ccc(C(F)(F)F)c(Oc2ccc(C(F)(F)F)c(Oc3c(C(F)(F)F)ccc(N)c3F)c2)c1F. The van der Waals surface area contributed by atoms with Crippen molar-refractivity contribution in [3.05, 3.63) is 70.8 Å². The first-order valence-electron chi connectivity index (χ1n) is 9.28. The van der Waals surface area contributed by atoms with E-state index >= 15 is 0 Å². The van der Waals surface area contributed by atoms with Gasteiger partial charge < -0.3 is 20.9 Å². The molecule has 4 N–H and O–H groups in total. The number of nitrogen functional groups attached to an aromatic ring is 2. The van der Waals surface area contributed by atoms with E-state index in [1.54, 1.807) is 0 Å². The van der Waals surface area contributed by atoms with Gasteiger partial charge >= 0.3 is 18.5 Å². The summed E-state index contributed by atoms with van der Waals surface area (Å²) >= 11 is 0. The van der Waals surface area contributed by atoms with Gasteiger partial charge in [-0.15, -0.1) is 0 Å². The molecular formula is C21H11F11N2O2. The number of alkyl halides is 9. The van der Waals surface area contributed by atoms with Gasteiger partial charge in [-0.2, -0.15) is 39.5 Å². The molecule has 0 radical (unpaired) electrons. The monoisotopic (exact) mass is 532 g/mol. The maximum absolute atomic E-state index is 14.4. The zero-order valence-electron chi connectivity index (χ0n) is 17.2. The Morgan fingerprint density at radius 3 is 1.33 bits per heavy atom. The lowest BCUT2D eigenvalue weighted by Crippen LogP contribution is -2.12. The molecule has 4 nitrogen and oxygen atoms in total. The molecule has 0 aliphatic rings. The van der Waals surface area contributed by atoms with E-state index in [9.17, 15) is 48.3 Å². The number of benzene rings is 3. The summed E-state index contributed by atoms with van der Waals surface area (Å²) in [5.41, 5.74) is 3.43. The molecule has 194 valence electrons. The second-order valence-corrected chi connectivity index (χ2v) is 7.05. The predicted molar refractivity (Wildman–Crippen MR) is 103 cm³/mol. The minimum Gasteiger partial charge on any atom is -0.453 e. The van der Waals surface area contributed by atoms with Gasteiger partial charge in [0.1, 0.15) is 22.6 Å². The van der Waals surface area contributed by atoms with E-state index in [2.05, 4.69) is 4.74 Å². The van der Waals surface area contributed by atoms with E-state index in [4.69, 9.17) is 16.2 Å². The first-order valence-corrected chi connectivity index (χ1v) is 9.28. The highest BCUT2D eigenvalue weighted by atomic mass is 19.4. The Bertz CT molecular complexity index is 1300. The van der Waals surface area contributed by atoms with Crippen LogP contribution in [-0.4, -0.2) is 0 Å². The van der Waals surface area contributed by atoms with Crippen LogP contribution in [0, 0.1) is 11.6 Å². The lowest BCUT2D eigenvalue weighted by atomic mass is 10.1. The van der Waals surface area contributed by atoms with Crippen molar-refractivity contribution in [2.75, 3.05) is 11.5 Å². The van der Waals surface area contributed by atoms with Gasteiger partial charge in [0, 0.05) is 6.07 Å². The molecule has 0 unspecified atom stereocenters. The van der Waals surface area contributed by atoms with Crippen LogP contribution in [0.25, 0.3) is 0 Å². The highest BCUT2D eigenvalue weighted by molar-refractivity contribution is 5.56. The fourth-order valence-electron chi connectivity index (χ4n) is 2.90. The van der Waals surface area contributed by atoms with Crippen molar-refractivity contribution < 1.29 is 57.8 Å². The average molecular weight is 532 g/mol. The summed E-state index contributed by atoms with van der Waals surface area (Å²) in [4.78, 5) is 0. The number of hydrogen-bond donors (Lipinski definition) is 2. The van der Waals surface area contributed by atoms with E-state index < -0.39 is 81.2 Å². The standard InChI is InChI=1S/C21H11F11N2O2/c22-15-12(33)5-3-10(20(27,28)29)17(15)35-8-1-2-9(19(24,25)26)14(7-8)36-18-11(21(30,31)32)4-6-13(34)16(18)23/h1-7H,33-34H2. The molecular weight excluding hydrogens is 521 g/mol. The summed E-state index contributed by atoms with van der Waals surface area (Å²) in [6, 6.07) is 2.46. The van der Waals surface area contributed by atoms with E-state index in [1.807, 2.05) is 0 Å². The fourth-order valence-corrected chi connectivity index (χ4v) is 2.90. The molecule has 0 saturated carbocycles. The minimum atomic E-state index is -5.30. The molecule has 3 aromatic rings. The van der Waals surface area contributed by atoms with Gasteiger partial charge in [-0.05, 0) is 36.4 Å². The number of halogens is 11. The third kappa shape index (κ3) is 5.33. The van der Waals surface area contributed by atoms with Gasteiger partial charge in [-0.1, -0.05) is 0 Å². The van der Waals surface area contributed by atoms with Crippen LogP contribution in [0.4, 0.5) is 59.7 Å². The number of ether oxygens (including phenoxy) is 2. The van der Waals surface area contributed by atoms with Crippen molar-refractivity contribution in [1.82, 2.24) is 0 Å². The number of anilines is 2. The van der Waals surface area contributed by atoms with Crippen LogP contribution >= 0.6 is 0 Å². The van der Waals surface area contributed by atoms with Crippen LogP contribution in [0.3, 0.4) is 0 Å². The highest BCUT2D eigenvalue weighted by Crippen LogP contribution is 2.47. The third-order valence-electron chi connectivity index (χ3n) is 4.56. The molecule has 36 heavy (non-hydrogen) atoms. The van der Waals surface area contributed by atoms with Crippen molar-refractivity contribution in [2.24, 2.45) is 0 Å². The van der Waals surface area contributed by atoms with Crippen LogP contribution in [0.5, 0.6) is 23.0 Å². The Kier molecular flexibility index (Phi) is 6.63. The first kappa shape index (κ1) is 26.7. The lowest BCUT2D eigenvalue weighted by molar-refractivity contribution is -0.140. The number of rotatable bonds is 4. The molecule has 0 atom stereocenters. The second kappa shape index (κ2) is 8.95. The van der Waals surface area contributed by atoms with Crippen molar-refractivity contribution in [1.29, 1.82) is 0 Å². The molecule has 0 fully saturated rings. The zero-order chi connectivity index (χ0) is 27.2. The van der Waals surface area contributed by atoms with E-state index in [0.717, 1.165) is 0 Å². The molecule has 0 amide bonds. The summed E-state index contributed by atoms with van der Waals surface area (Å²) in [5.74, 6) is -9.28. The Morgan fingerprint density at radius 1 is 0.528 bits per heavy atom. The quantitative estimate of drug-likeness (QED) is 0.266. The van der Waals surface area contributed by atoms with Crippen molar-refractivity contribution >= 4 is 11.4 Å². The Morgan fingerprint density at radius 2 is 0.917 bits per heavy atom. The second-order valence-electron chi connectivity index (χ2n) is 7.05. The van der Waals surface area contributed by atoms with Crippen molar-refractivity contribution in [3.8, 4) is 23.0 Å². The van der Waals surface area contributed by atoms with Gasteiger partial charge in [0.15, 0.2) is 23.1 Å².